The van der Waals surface area contributed by atoms with E-state index in [9.17, 15) is 9.90 Å². The third-order valence-electron chi connectivity index (χ3n) is 6.22. The van der Waals surface area contributed by atoms with Crippen LogP contribution in [-0.4, -0.2) is 60.9 Å². The van der Waals surface area contributed by atoms with Crippen molar-refractivity contribution in [2.75, 3.05) is 37.8 Å². The van der Waals surface area contributed by atoms with Gasteiger partial charge in [-0.3, -0.25) is 4.79 Å². The Morgan fingerprint density at radius 1 is 1.25 bits per heavy atom. The van der Waals surface area contributed by atoms with E-state index < -0.39 is 6.10 Å². The number of aliphatic hydroxyl groups is 1. The highest BCUT2D eigenvalue weighted by atomic mass is 16.5. The van der Waals surface area contributed by atoms with Crippen LogP contribution in [0.1, 0.15) is 47.7 Å². The minimum absolute atomic E-state index is 0.0465. The maximum absolute atomic E-state index is 13.0. The molecule has 0 amide bonds. The molecule has 1 fully saturated rings. The Hall–Kier alpha value is -2.48. The van der Waals surface area contributed by atoms with Crippen molar-refractivity contribution in [3.8, 4) is 5.88 Å². The number of aliphatic hydroxyl groups excluding tert-OH is 1. The van der Waals surface area contributed by atoms with E-state index in [2.05, 4.69) is 27.3 Å². The van der Waals surface area contributed by atoms with E-state index >= 15 is 0 Å². The van der Waals surface area contributed by atoms with E-state index in [4.69, 9.17) is 9.47 Å². The van der Waals surface area contributed by atoms with Gasteiger partial charge in [0.15, 0.2) is 5.78 Å². The number of ketones is 1. The number of anilines is 1. The second-order valence-corrected chi connectivity index (χ2v) is 8.40. The van der Waals surface area contributed by atoms with Crippen LogP contribution in [0.5, 0.6) is 5.88 Å². The van der Waals surface area contributed by atoms with Gasteiger partial charge in [0.25, 0.3) is 0 Å². The Morgan fingerprint density at radius 2 is 2.09 bits per heavy atom. The van der Waals surface area contributed by atoms with E-state index in [1.807, 2.05) is 31.2 Å². The highest BCUT2D eigenvalue weighted by Crippen LogP contribution is 2.25. The van der Waals surface area contributed by atoms with Gasteiger partial charge >= 0.3 is 0 Å². The summed E-state index contributed by atoms with van der Waals surface area (Å²) < 4.78 is 11.2. The van der Waals surface area contributed by atoms with Crippen LogP contribution in [0.2, 0.25) is 0 Å². The maximum atomic E-state index is 13.0. The normalized spacial score (nSPS) is 19.7. The molecule has 0 spiro atoms. The van der Waals surface area contributed by atoms with Gasteiger partial charge in [0.1, 0.15) is 5.82 Å². The van der Waals surface area contributed by atoms with E-state index in [0.717, 1.165) is 44.9 Å². The standard InChI is InChI=1S/C25H33N3O4/c1-2-32-25-20(8-11-24(27-25)28-12-5-14-31-15-13-28)22(29)9-10-23(30)21-16-18-6-3-4-7-19(18)17-26-21/h3-4,6-8,11,21,23,26,30H,2,5,9-10,12-17H2,1H3/t21-,23+/m0/s1. The van der Waals surface area contributed by atoms with Gasteiger partial charge in [-0.05, 0) is 49.4 Å². The fourth-order valence-corrected chi connectivity index (χ4v) is 4.41. The number of nitrogens with one attached hydrogen (secondary N) is 1. The number of hydrogen-bond acceptors (Lipinski definition) is 7. The lowest BCUT2D eigenvalue weighted by Gasteiger charge is -2.29. The molecule has 4 rings (SSSR count). The number of carbonyl (C=O) groups is 1. The highest BCUT2D eigenvalue weighted by molar-refractivity contribution is 5.98. The van der Waals surface area contributed by atoms with Crippen molar-refractivity contribution in [3.63, 3.8) is 0 Å². The number of pyridine rings is 1. The van der Waals surface area contributed by atoms with Crippen LogP contribution in [0, 0.1) is 0 Å². The molecule has 0 aliphatic carbocycles. The van der Waals surface area contributed by atoms with Gasteiger partial charge in [-0.2, -0.15) is 4.98 Å². The van der Waals surface area contributed by atoms with E-state index in [1.165, 1.54) is 11.1 Å². The first kappa shape index (κ1) is 22.7. The molecule has 0 saturated carbocycles. The minimum atomic E-state index is -0.591. The molecule has 7 nitrogen and oxygen atoms in total. The summed E-state index contributed by atoms with van der Waals surface area (Å²) in [6.45, 7) is 6.14. The molecule has 1 saturated heterocycles. The summed E-state index contributed by atoms with van der Waals surface area (Å²) in [5, 5.41) is 14.1. The monoisotopic (exact) mass is 439 g/mol. The number of aromatic nitrogens is 1. The lowest BCUT2D eigenvalue weighted by Crippen LogP contribution is -2.44. The van der Waals surface area contributed by atoms with Crippen molar-refractivity contribution in [2.45, 2.75) is 51.3 Å². The molecule has 3 heterocycles. The first-order valence-electron chi connectivity index (χ1n) is 11.6. The summed E-state index contributed by atoms with van der Waals surface area (Å²) in [6.07, 6.45) is 1.78. The molecular formula is C25H33N3O4. The Kier molecular flexibility index (Phi) is 7.73. The summed E-state index contributed by atoms with van der Waals surface area (Å²) in [4.78, 5) is 19.8. The lowest BCUT2D eigenvalue weighted by atomic mass is 9.91. The van der Waals surface area contributed by atoms with Crippen LogP contribution < -0.4 is 15.0 Å². The third-order valence-corrected chi connectivity index (χ3v) is 6.22. The van der Waals surface area contributed by atoms with Crippen LogP contribution in [-0.2, 0) is 17.7 Å². The molecule has 0 bridgehead atoms. The minimum Gasteiger partial charge on any atom is -0.477 e. The molecule has 0 radical (unpaired) electrons. The van der Waals surface area contributed by atoms with Gasteiger partial charge in [-0.1, -0.05) is 24.3 Å². The van der Waals surface area contributed by atoms with Gasteiger partial charge in [-0.25, -0.2) is 0 Å². The Labute approximate surface area is 189 Å². The smallest absolute Gasteiger partial charge is 0.226 e. The van der Waals surface area contributed by atoms with E-state index in [-0.39, 0.29) is 18.2 Å². The molecule has 32 heavy (non-hydrogen) atoms. The predicted octanol–water partition coefficient (Wildman–Crippen LogP) is 2.75. The summed E-state index contributed by atoms with van der Waals surface area (Å²) in [6, 6.07) is 11.9. The summed E-state index contributed by atoms with van der Waals surface area (Å²) in [7, 11) is 0. The number of ether oxygens (including phenoxy) is 2. The number of Topliss-reactive ketones (excluding diaryl/α,β-unsaturated/α-hetero) is 1. The van der Waals surface area contributed by atoms with Crippen LogP contribution in [0.3, 0.4) is 0 Å². The SMILES string of the molecule is CCOc1nc(N2CCCOCC2)ccc1C(=O)CC[C@@H](O)[C@@H]1Cc2ccccc2CN1. The quantitative estimate of drug-likeness (QED) is 0.612. The van der Waals surface area contributed by atoms with Crippen molar-refractivity contribution < 1.29 is 19.4 Å². The Bertz CT molecular complexity index is 912. The van der Waals surface area contributed by atoms with Gasteiger partial charge in [0.2, 0.25) is 5.88 Å². The van der Waals surface area contributed by atoms with E-state index in [0.29, 0.717) is 31.1 Å². The molecule has 0 unspecified atom stereocenters. The number of carbonyl (C=O) groups excluding carboxylic acids is 1. The largest absolute Gasteiger partial charge is 0.477 e. The average Bonchev–Trinajstić information content (AvgIpc) is 3.12. The van der Waals surface area contributed by atoms with Crippen molar-refractivity contribution in [3.05, 3.63) is 53.1 Å². The topological polar surface area (TPSA) is 83.9 Å². The molecule has 2 aliphatic rings. The van der Waals surface area contributed by atoms with E-state index in [1.54, 1.807) is 0 Å². The number of nitrogens with zero attached hydrogens (tertiary/aromatic N) is 2. The molecule has 1 aromatic carbocycles. The second-order valence-electron chi connectivity index (χ2n) is 8.40. The van der Waals surface area contributed by atoms with Crippen molar-refractivity contribution >= 4 is 11.6 Å². The summed E-state index contributed by atoms with van der Waals surface area (Å²) in [5.74, 6) is 1.13. The number of hydrogen-bond donors (Lipinski definition) is 2. The Morgan fingerprint density at radius 3 is 2.94 bits per heavy atom. The lowest BCUT2D eigenvalue weighted by molar-refractivity contribution is 0.0873. The molecule has 172 valence electrons. The molecule has 1 aromatic heterocycles. The van der Waals surface area contributed by atoms with Crippen molar-refractivity contribution in [1.82, 2.24) is 10.3 Å². The average molecular weight is 440 g/mol. The fraction of sp³-hybridized carbons (Fsp3) is 0.520. The number of fused-ring (bicyclic) bond motifs is 1. The Balaban J connectivity index is 1.39. The maximum Gasteiger partial charge on any atom is 0.226 e. The second kappa shape index (κ2) is 10.9. The predicted molar refractivity (Wildman–Crippen MR) is 123 cm³/mol. The first-order valence-corrected chi connectivity index (χ1v) is 11.6. The van der Waals surface area contributed by atoms with Gasteiger partial charge in [0, 0.05) is 38.7 Å². The summed E-state index contributed by atoms with van der Waals surface area (Å²) >= 11 is 0. The first-order chi connectivity index (χ1) is 15.7. The van der Waals surface area contributed by atoms with Crippen LogP contribution in [0.15, 0.2) is 36.4 Å². The molecule has 2 aliphatic heterocycles. The number of rotatable bonds is 8. The third kappa shape index (κ3) is 5.46. The fourth-order valence-electron chi connectivity index (χ4n) is 4.41. The zero-order valence-electron chi connectivity index (χ0n) is 18.8. The zero-order chi connectivity index (χ0) is 22.3. The molecule has 2 N–H and O–H groups in total. The number of benzene rings is 1. The van der Waals surface area contributed by atoms with Gasteiger partial charge in [-0.15, -0.1) is 0 Å². The molecule has 2 atom stereocenters. The summed E-state index contributed by atoms with van der Waals surface area (Å²) in [5.41, 5.74) is 3.02. The van der Waals surface area contributed by atoms with Crippen LogP contribution in [0.4, 0.5) is 5.82 Å². The molecular weight excluding hydrogens is 406 g/mol. The molecule has 2 aromatic rings. The van der Waals surface area contributed by atoms with Crippen LogP contribution >= 0.6 is 0 Å². The van der Waals surface area contributed by atoms with Crippen molar-refractivity contribution in [1.29, 1.82) is 0 Å². The van der Waals surface area contributed by atoms with Crippen LogP contribution in [0.25, 0.3) is 0 Å². The zero-order valence-corrected chi connectivity index (χ0v) is 18.8. The van der Waals surface area contributed by atoms with Crippen molar-refractivity contribution in [2.24, 2.45) is 0 Å². The molecule has 7 heteroatoms. The highest BCUT2D eigenvalue weighted by Gasteiger charge is 2.26. The van der Waals surface area contributed by atoms with Gasteiger partial charge < -0.3 is 24.8 Å². The van der Waals surface area contributed by atoms with Gasteiger partial charge in [0.05, 0.1) is 24.9 Å².